The van der Waals surface area contributed by atoms with Crippen molar-refractivity contribution in [2.75, 3.05) is 22.5 Å². The zero-order valence-electron chi connectivity index (χ0n) is 21.3. The third-order valence-electron chi connectivity index (χ3n) is 5.76. The molecule has 0 aliphatic heterocycles. The number of anilines is 3. The Hall–Kier alpha value is -4.90. The number of aryl methyl sites for hydroxylation is 2. The summed E-state index contributed by atoms with van der Waals surface area (Å²) in [5.74, 6) is -1.35. The Bertz CT molecular complexity index is 1640. The van der Waals surface area contributed by atoms with E-state index in [0.717, 1.165) is 4.74 Å². The van der Waals surface area contributed by atoms with Crippen LogP contribution in [0.4, 0.5) is 17.1 Å². The van der Waals surface area contributed by atoms with Crippen LogP contribution in [0.2, 0.25) is 5.15 Å². The van der Waals surface area contributed by atoms with Gasteiger partial charge < -0.3 is 26.2 Å². The molecule has 0 unspecified atom stereocenters. The van der Waals surface area contributed by atoms with E-state index in [-0.39, 0.29) is 33.2 Å². The van der Waals surface area contributed by atoms with E-state index in [1.54, 1.807) is 50.2 Å². The van der Waals surface area contributed by atoms with Crippen molar-refractivity contribution in [1.29, 1.82) is 0 Å². The molecule has 0 atom stereocenters. The van der Waals surface area contributed by atoms with Gasteiger partial charge in [-0.2, -0.15) is 4.74 Å². The molecule has 3 amide bonds. The molecule has 0 radical (unpaired) electrons. The molecule has 39 heavy (non-hydrogen) atoms. The molecule has 0 fully saturated rings. The van der Waals surface area contributed by atoms with Crippen molar-refractivity contribution in [2.45, 2.75) is 13.8 Å². The second-order valence-corrected chi connectivity index (χ2v) is 8.89. The first-order valence-corrected chi connectivity index (χ1v) is 12.2. The Morgan fingerprint density at radius 2 is 1.72 bits per heavy atom. The van der Waals surface area contributed by atoms with E-state index in [1.807, 2.05) is 0 Å². The van der Waals surface area contributed by atoms with Gasteiger partial charge in [-0.1, -0.05) is 29.8 Å². The topological polar surface area (TPSA) is 161 Å². The zero-order valence-corrected chi connectivity index (χ0v) is 22.1. The van der Waals surface area contributed by atoms with Gasteiger partial charge in [-0.05, 0) is 55.8 Å². The summed E-state index contributed by atoms with van der Waals surface area (Å²) in [7, 11) is 1.53. The highest BCUT2D eigenvalue weighted by atomic mass is 35.5. The number of carbonyl (C=O) groups is 3. The first kappa shape index (κ1) is 27.1. The fraction of sp³-hybridized carbons (Fsp3) is 0.148. The van der Waals surface area contributed by atoms with Gasteiger partial charge in [0.05, 0.1) is 16.8 Å². The molecular formula is C27H25ClN6O5. The van der Waals surface area contributed by atoms with Crippen LogP contribution in [0, 0.1) is 6.92 Å². The summed E-state index contributed by atoms with van der Waals surface area (Å²) in [6, 6.07) is 14.1. The summed E-state index contributed by atoms with van der Waals surface area (Å²) in [5, 5.41) is 8.38. The monoisotopic (exact) mass is 548 g/mol. The second kappa shape index (κ2) is 11.2. The van der Waals surface area contributed by atoms with Crippen LogP contribution in [0.1, 0.15) is 43.9 Å². The van der Waals surface area contributed by atoms with E-state index in [2.05, 4.69) is 20.9 Å². The normalized spacial score (nSPS) is 10.7. The summed E-state index contributed by atoms with van der Waals surface area (Å²) >= 11 is 6.20. The quantitative estimate of drug-likeness (QED) is 0.241. The number of hydrogen-bond donors (Lipinski definition) is 4. The second-order valence-electron chi connectivity index (χ2n) is 8.50. The summed E-state index contributed by atoms with van der Waals surface area (Å²) in [4.78, 5) is 54.4. The number of nitrogens with two attached hydrogens (primary N) is 1. The Labute approximate surface area is 227 Å². The molecule has 12 heteroatoms. The maximum absolute atomic E-state index is 13.3. The number of primary amides is 1. The van der Waals surface area contributed by atoms with Gasteiger partial charge in [0, 0.05) is 30.5 Å². The number of nitrogens with one attached hydrogen (secondary N) is 3. The Morgan fingerprint density at radius 3 is 2.33 bits per heavy atom. The molecule has 0 saturated heterocycles. The van der Waals surface area contributed by atoms with Crippen LogP contribution in [-0.4, -0.2) is 34.0 Å². The largest absolute Gasteiger partial charge is 0.383 e. The van der Waals surface area contributed by atoms with Gasteiger partial charge in [0.15, 0.2) is 5.69 Å². The number of rotatable bonds is 8. The molecular weight excluding hydrogens is 524 g/mol. The Morgan fingerprint density at radius 1 is 1.03 bits per heavy atom. The molecule has 0 bridgehead atoms. The number of benzene rings is 2. The van der Waals surface area contributed by atoms with Crippen LogP contribution < -0.4 is 27.2 Å². The SMILES string of the molecule is CCNc1c(C(=O)Nc2ccc(-c3c(C)on(C)c3=O)cc2)cc(Cl)nc1C(=O)Nc1cccc(C(N)=O)c1. The van der Waals surface area contributed by atoms with E-state index in [0.29, 0.717) is 34.8 Å². The number of aromatic nitrogens is 2. The fourth-order valence-electron chi connectivity index (χ4n) is 4.00. The Kier molecular flexibility index (Phi) is 7.82. The summed E-state index contributed by atoms with van der Waals surface area (Å²) in [6.07, 6.45) is 0. The molecule has 4 aromatic rings. The van der Waals surface area contributed by atoms with Crippen LogP contribution in [0.15, 0.2) is 63.9 Å². The van der Waals surface area contributed by atoms with Crippen molar-refractivity contribution < 1.29 is 18.9 Å². The maximum Gasteiger partial charge on any atom is 0.290 e. The predicted molar refractivity (Wildman–Crippen MR) is 148 cm³/mol. The number of carbonyl (C=O) groups excluding carboxylic acids is 3. The van der Waals surface area contributed by atoms with E-state index in [1.165, 1.54) is 25.2 Å². The van der Waals surface area contributed by atoms with Gasteiger partial charge in [-0.25, -0.2) is 4.98 Å². The molecule has 0 aliphatic carbocycles. The lowest BCUT2D eigenvalue weighted by molar-refractivity contribution is 0.0994. The molecule has 2 heterocycles. The highest BCUT2D eigenvalue weighted by Gasteiger charge is 2.23. The smallest absolute Gasteiger partial charge is 0.290 e. The van der Waals surface area contributed by atoms with Gasteiger partial charge in [0.1, 0.15) is 10.9 Å². The van der Waals surface area contributed by atoms with Crippen LogP contribution >= 0.6 is 11.6 Å². The number of nitrogens with zero attached hydrogens (tertiary/aromatic N) is 2. The van der Waals surface area contributed by atoms with Gasteiger partial charge >= 0.3 is 0 Å². The first-order chi connectivity index (χ1) is 18.6. The van der Waals surface area contributed by atoms with Crippen molar-refractivity contribution >= 4 is 46.4 Å². The summed E-state index contributed by atoms with van der Waals surface area (Å²) in [6.45, 7) is 3.88. The van der Waals surface area contributed by atoms with Gasteiger partial charge in [0.2, 0.25) is 5.91 Å². The van der Waals surface area contributed by atoms with Crippen molar-refractivity contribution in [3.8, 4) is 11.1 Å². The molecule has 4 rings (SSSR count). The minimum absolute atomic E-state index is 0.0699. The lowest BCUT2D eigenvalue weighted by atomic mass is 10.1. The van der Waals surface area contributed by atoms with Crippen molar-refractivity contribution in [3.63, 3.8) is 0 Å². The number of amides is 3. The number of pyridine rings is 1. The summed E-state index contributed by atoms with van der Waals surface area (Å²) in [5.41, 5.74) is 7.27. The molecule has 0 aliphatic rings. The molecule has 2 aromatic heterocycles. The third-order valence-corrected chi connectivity index (χ3v) is 5.96. The van der Waals surface area contributed by atoms with Crippen molar-refractivity contribution in [3.05, 3.63) is 92.7 Å². The van der Waals surface area contributed by atoms with E-state index >= 15 is 0 Å². The highest BCUT2D eigenvalue weighted by molar-refractivity contribution is 6.30. The van der Waals surface area contributed by atoms with Crippen LogP contribution in [0.5, 0.6) is 0 Å². The van der Waals surface area contributed by atoms with Crippen molar-refractivity contribution in [1.82, 2.24) is 9.72 Å². The summed E-state index contributed by atoms with van der Waals surface area (Å²) < 4.78 is 6.49. The predicted octanol–water partition coefficient (Wildman–Crippen LogP) is 4.04. The van der Waals surface area contributed by atoms with Crippen LogP contribution in [0.25, 0.3) is 11.1 Å². The molecule has 0 spiro atoms. The average Bonchev–Trinajstić information content (AvgIpc) is 3.16. The lowest BCUT2D eigenvalue weighted by Crippen LogP contribution is -2.22. The standard InChI is InChI=1S/C27H25ClN6O5/c1-4-30-22-19(13-20(28)33-23(22)26(37)32-18-7-5-6-16(12-18)24(29)35)25(36)31-17-10-8-15(9-11-17)21-14(2)39-34(3)27(21)38/h5-13,30H,4H2,1-3H3,(H2,29,35)(H,31,36)(H,32,37). The molecule has 0 saturated carbocycles. The molecule has 200 valence electrons. The first-order valence-electron chi connectivity index (χ1n) is 11.8. The van der Waals surface area contributed by atoms with Gasteiger partial charge in [0.25, 0.3) is 17.4 Å². The zero-order chi connectivity index (χ0) is 28.3. The van der Waals surface area contributed by atoms with Gasteiger partial charge in [-0.3, -0.25) is 19.2 Å². The molecule has 5 N–H and O–H groups in total. The third kappa shape index (κ3) is 5.83. The average molecular weight is 549 g/mol. The van der Waals surface area contributed by atoms with E-state index < -0.39 is 17.7 Å². The number of hydrogen-bond acceptors (Lipinski definition) is 7. The van der Waals surface area contributed by atoms with E-state index in [9.17, 15) is 19.2 Å². The van der Waals surface area contributed by atoms with Crippen molar-refractivity contribution in [2.24, 2.45) is 12.8 Å². The minimum atomic E-state index is -0.648. The minimum Gasteiger partial charge on any atom is -0.383 e. The van der Waals surface area contributed by atoms with Gasteiger partial charge in [-0.15, -0.1) is 0 Å². The Balaban J connectivity index is 1.62. The van der Waals surface area contributed by atoms with Crippen LogP contribution in [0.3, 0.4) is 0 Å². The maximum atomic E-state index is 13.3. The fourth-order valence-corrected chi connectivity index (χ4v) is 4.19. The molecule has 11 nitrogen and oxygen atoms in total. The molecule has 2 aromatic carbocycles. The number of halogens is 1. The highest BCUT2D eigenvalue weighted by Crippen LogP contribution is 2.27. The van der Waals surface area contributed by atoms with Crippen LogP contribution in [-0.2, 0) is 7.05 Å². The lowest BCUT2D eigenvalue weighted by Gasteiger charge is -2.16. The van der Waals surface area contributed by atoms with E-state index in [4.69, 9.17) is 21.9 Å².